The number of rotatable bonds is 12. The van der Waals surface area contributed by atoms with Crippen LogP contribution in [0.25, 0.3) is 0 Å². The number of hydrogen-bond donors (Lipinski definition) is 2. The van der Waals surface area contributed by atoms with Gasteiger partial charge in [0.05, 0.1) is 22.3 Å². The van der Waals surface area contributed by atoms with Crippen LogP contribution in [0.4, 0.5) is 18.9 Å². The molecule has 0 unspecified atom stereocenters. The Kier molecular flexibility index (Phi) is 10.4. The highest BCUT2D eigenvalue weighted by atomic mass is 32.2. The highest BCUT2D eigenvalue weighted by molar-refractivity contribution is 7.99. The van der Waals surface area contributed by atoms with Gasteiger partial charge in [0.25, 0.3) is 15.9 Å². The number of benzene rings is 2. The standard InChI is InChI=1S/C28H33F3N4O5S2/c1-28(8-3-4-10-40-28)27(36)34-42(37,38)22-11-18(14-32)26(24(31)13-22)33-20(7-9-35-15-21(16-35)39-2)17-41-25-6-5-19(29)12-23(25)30/h5-6,11-13,20-21,33H,3-4,7-10,15-17H2,1-2H3,(H,34,36)/t20-,28-/m1/s1. The number of anilines is 1. The van der Waals surface area contributed by atoms with Crippen LogP contribution in [-0.2, 0) is 24.3 Å². The summed E-state index contributed by atoms with van der Waals surface area (Å²) in [6, 6.07) is 6.33. The Labute approximate surface area is 247 Å². The molecule has 2 atom stereocenters. The number of ether oxygens (including phenoxy) is 2. The first-order valence-electron chi connectivity index (χ1n) is 13.5. The van der Waals surface area contributed by atoms with E-state index in [-0.39, 0.29) is 28.0 Å². The second kappa shape index (κ2) is 13.6. The topological polar surface area (TPSA) is 121 Å². The van der Waals surface area contributed by atoms with Crippen molar-refractivity contribution in [2.75, 3.05) is 44.4 Å². The van der Waals surface area contributed by atoms with E-state index in [0.29, 0.717) is 32.4 Å². The van der Waals surface area contributed by atoms with E-state index in [2.05, 4.69) is 10.2 Å². The maximum Gasteiger partial charge on any atom is 0.265 e. The van der Waals surface area contributed by atoms with Gasteiger partial charge in [0.15, 0.2) is 0 Å². The minimum atomic E-state index is -4.52. The van der Waals surface area contributed by atoms with Crippen LogP contribution in [0.5, 0.6) is 0 Å². The number of thioether (sulfide) groups is 1. The summed E-state index contributed by atoms with van der Waals surface area (Å²) < 4.78 is 81.8. The van der Waals surface area contributed by atoms with Crippen LogP contribution in [0.1, 0.15) is 38.2 Å². The van der Waals surface area contributed by atoms with Crippen LogP contribution in [0.2, 0.25) is 0 Å². The largest absolute Gasteiger partial charge is 0.379 e. The zero-order valence-corrected chi connectivity index (χ0v) is 24.9. The van der Waals surface area contributed by atoms with Gasteiger partial charge in [-0.15, -0.1) is 11.8 Å². The molecule has 0 spiro atoms. The van der Waals surface area contributed by atoms with Crippen molar-refractivity contribution < 1.29 is 35.9 Å². The van der Waals surface area contributed by atoms with Crippen LogP contribution in [0.3, 0.4) is 0 Å². The van der Waals surface area contributed by atoms with E-state index in [1.165, 1.54) is 13.0 Å². The molecule has 42 heavy (non-hydrogen) atoms. The molecule has 2 saturated heterocycles. The minimum Gasteiger partial charge on any atom is -0.379 e. The van der Waals surface area contributed by atoms with Crippen LogP contribution in [0, 0.1) is 28.8 Å². The lowest BCUT2D eigenvalue weighted by Gasteiger charge is -2.39. The summed E-state index contributed by atoms with van der Waals surface area (Å²) >= 11 is 1.10. The molecule has 2 aliphatic rings. The lowest BCUT2D eigenvalue weighted by Crippen LogP contribution is -2.52. The number of hydrogen-bond acceptors (Lipinski definition) is 9. The molecule has 228 valence electrons. The van der Waals surface area contributed by atoms with E-state index in [4.69, 9.17) is 9.47 Å². The molecule has 0 radical (unpaired) electrons. The predicted molar refractivity (Wildman–Crippen MR) is 151 cm³/mol. The summed E-state index contributed by atoms with van der Waals surface area (Å²) in [5.41, 5.74) is -1.83. The summed E-state index contributed by atoms with van der Waals surface area (Å²) in [5.74, 6) is -3.06. The van der Waals surface area contributed by atoms with E-state index in [0.717, 1.165) is 55.5 Å². The summed E-state index contributed by atoms with van der Waals surface area (Å²) in [4.78, 5) is 14.5. The Morgan fingerprint density at radius 2 is 2.00 bits per heavy atom. The number of methoxy groups -OCH3 is 1. The van der Waals surface area contributed by atoms with E-state index in [9.17, 15) is 27.3 Å². The number of likely N-dealkylation sites (tertiary alicyclic amines) is 1. The minimum absolute atomic E-state index is 0.129. The van der Waals surface area contributed by atoms with Crippen LogP contribution in [-0.4, -0.2) is 76.1 Å². The van der Waals surface area contributed by atoms with E-state index < -0.39 is 49.9 Å². The van der Waals surface area contributed by atoms with Crippen molar-refractivity contribution in [1.29, 1.82) is 5.26 Å². The summed E-state index contributed by atoms with van der Waals surface area (Å²) in [5, 5.41) is 12.8. The summed E-state index contributed by atoms with van der Waals surface area (Å²) in [6.45, 7) is 3.87. The maximum absolute atomic E-state index is 15.4. The van der Waals surface area contributed by atoms with Gasteiger partial charge in [-0.05, 0) is 56.9 Å². The molecular weight excluding hydrogens is 593 g/mol. The van der Waals surface area contributed by atoms with Crippen molar-refractivity contribution in [1.82, 2.24) is 9.62 Å². The number of nitrogens with zero attached hydrogens (tertiary/aromatic N) is 2. The van der Waals surface area contributed by atoms with Crippen molar-refractivity contribution >= 4 is 33.4 Å². The Morgan fingerprint density at radius 3 is 2.64 bits per heavy atom. The van der Waals surface area contributed by atoms with Crippen molar-refractivity contribution in [2.24, 2.45) is 0 Å². The van der Waals surface area contributed by atoms with Gasteiger partial charge in [0, 0.05) is 56.1 Å². The second-order valence-electron chi connectivity index (χ2n) is 10.5. The van der Waals surface area contributed by atoms with Gasteiger partial charge in [0.2, 0.25) is 0 Å². The number of sulfonamides is 1. The number of halogens is 3. The molecule has 0 saturated carbocycles. The van der Waals surface area contributed by atoms with Crippen LogP contribution < -0.4 is 10.0 Å². The normalized spacial score (nSPS) is 20.4. The average molecular weight is 627 g/mol. The monoisotopic (exact) mass is 626 g/mol. The van der Waals surface area contributed by atoms with Gasteiger partial charge in [0.1, 0.15) is 29.1 Å². The predicted octanol–water partition coefficient (Wildman–Crippen LogP) is 4.03. The summed E-state index contributed by atoms with van der Waals surface area (Å²) in [7, 11) is -2.89. The molecule has 2 fully saturated rings. The molecule has 14 heteroatoms. The Balaban J connectivity index is 1.52. The molecule has 2 N–H and O–H groups in total. The number of nitrogens with one attached hydrogen (secondary N) is 2. The second-order valence-corrected chi connectivity index (χ2v) is 13.3. The third-order valence-electron chi connectivity index (χ3n) is 7.40. The number of nitriles is 1. The average Bonchev–Trinajstić information content (AvgIpc) is 2.92. The van der Waals surface area contributed by atoms with Gasteiger partial charge >= 0.3 is 0 Å². The van der Waals surface area contributed by atoms with Crippen molar-refractivity contribution in [2.45, 2.75) is 60.1 Å². The fourth-order valence-corrected chi connectivity index (χ4v) is 6.85. The SMILES string of the molecule is COC1CN(CC[C@H](CSc2ccc(F)cc2F)Nc2c(F)cc(S(=O)(=O)NC(=O)[C@@]3(C)CCCCO3)cc2C#N)C1. The molecule has 0 aliphatic carbocycles. The highest BCUT2D eigenvalue weighted by Gasteiger charge is 2.38. The highest BCUT2D eigenvalue weighted by Crippen LogP contribution is 2.30. The van der Waals surface area contributed by atoms with Gasteiger partial charge in [-0.1, -0.05) is 0 Å². The maximum atomic E-state index is 15.4. The first kappa shape index (κ1) is 32.1. The van der Waals surface area contributed by atoms with Gasteiger partial charge in [-0.25, -0.2) is 26.3 Å². The lowest BCUT2D eigenvalue weighted by molar-refractivity contribution is -0.148. The smallest absolute Gasteiger partial charge is 0.265 e. The molecule has 2 aliphatic heterocycles. The lowest BCUT2D eigenvalue weighted by atomic mass is 9.95. The number of carbonyl (C=O) groups is 1. The Morgan fingerprint density at radius 1 is 1.24 bits per heavy atom. The molecule has 4 rings (SSSR count). The molecule has 2 aromatic carbocycles. The molecule has 0 bridgehead atoms. The van der Waals surface area contributed by atoms with Crippen molar-refractivity contribution in [3.8, 4) is 6.07 Å². The molecular formula is C28H33F3N4O5S2. The van der Waals surface area contributed by atoms with Crippen LogP contribution >= 0.6 is 11.8 Å². The summed E-state index contributed by atoms with van der Waals surface area (Å²) in [6.07, 6.45) is 2.38. The Hall–Kier alpha value is -2.83. The third-order valence-corrected chi connectivity index (χ3v) is 9.93. The van der Waals surface area contributed by atoms with E-state index >= 15 is 4.39 Å². The van der Waals surface area contributed by atoms with Gasteiger partial charge in [-0.2, -0.15) is 5.26 Å². The third kappa shape index (κ3) is 7.76. The fourth-order valence-electron chi connectivity index (χ4n) is 4.75. The quantitative estimate of drug-likeness (QED) is 0.337. The zero-order chi connectivity index (χ0) is 30.5. The van der Waals surface area contributed by atoms with Gasteiger partial charge < -0.3 is 14.8 Å². The van der Waals surface area contributed by atoms with E-state index in [1.54, 1.807) is 7.11 Å². The molecule has 1 amide bonds. The molecule has 2 aromatic rings. The molecule has 0 aromatic heterocycles. The first-order valence-corrected chi connectivity index (χ1v) is 16.0. The molecule has 9 nitrogen and oxygen atoms in total. The van der Waals surface area contributed by atoms with E-state index in [1.807, 2.05) is 10.8 Å². The number of carbonyl (C=O) groups excluding carboxylic acids is 1. The fraction of sp³-hybridized carbons (Fsp3) is 0.500. The van der Waals surface area contributed by atoms with Gasteiger partial charge in [-0.3, -0.25) is 9.69 Å². The van der Waals surface area contributed by atoms with Crippen molar-refractivity contribution in [3.05, 3.63) is 53.3 Å². The zero-order valence-electron chi connectivity index (χ0n) is 23.3. The molecule has 2 heterocycles. The van der Waals surface area contributed by atoms with Crippen LogP contribution in [0.15, 0.2) is 40.1 Å². The first-order chi connectivity index (χ1) is 19.9. The Bertz CT molecular complexity index is 1440. The van der Waals surface area contributed by atoms with Crippen molar-refractivity contribution in [3.63, 3.8) is 0 Å². The number of amides is 1.